The summed E-state index contributed by atoms with van der Waals surface area (Å²) in [7, 11) is 0. The van der Waals surface area contributed by atoms with E-state index in [0.29, 0.717) is 12.4 Å². The van der Waals surface area contributed by atoms with Gasteiger partial charge in [0.2, 0.25) is 0 Å². The molecular weight excluding hydrogens is 164 g/mol. The summed E-state index contributed by atoms with van der Waals surface area (Å²) in [5.74, 6) is 3.08. The van der Waals surface area contributed by atoms with Crippen LogP contribution >= 0.6 is 0 Å². The highest BCUT2D eigenvalue weighted by atomic mass is 16.5. The van der Waals surface area contributed by atoms with Crippen LogP contribution < -0.4 is 0 Å². The molecule has 2 heteroatoms. The van der Waals surface area contributed by atoms with E-state index in [1.165, 1.54) is 12.8 Å². The van der Waals surface area contributed by atoms with Crippen molar-refractivity contribution >= 4 is 6.47 Å². The Kier molecular flexibility index (Phi) is 1.52. The smallest absolute Gasteiger partial charge is 0.293 e. The maximum atomic E-state index is 10.3. The molecule has 2 bridgehead atoms. The zero-order chi connectivity index (χ0) is 8.84. The lowest BCUT2D eigenvalue weighted by atomic mass is 9.80. The van der Waals surface area contributed by atoms with Gasteiger partial charge in [0.25, 0.3) is 6.47 Å². The number of fused-ring (bicyclic) bond motifs is 5. The Morgan fingerprint density at radius 2 is 2.23 bits per heavy atom. The molecule has 0 aromatic carbocycles. The van der Waals surface area contributed by atoms with Crippen molar-refractivity contribution in [2.24, 2.45) is 23.7 Å². The van der Waals surface area contributed by atoms with E-state index in [0.717, 1.165) is 24.2 Å². The van der Waals surface area contributed by atoms with Crippen LogP contribution in [0, 0.1) is 23.7 Å². The van der Waals surface area contributed by atoms with Crippen molar-refractivity contribution in [1.82, 2.24) is 0 Å². The number of hydrogen-bond acceptors (Lipinski definition) is 2. The molecule has 0 N–H and O–H groups in total. The standard InChI is InChI=1S/C11H14O2/c12-6-13-11-5-7-4-10(11)9-3-1-2-8(7)9/h1-2,6-11H,3-5H2. The number of hydrogen-bond donors (Lipinski definition) is 0. The largest absolute Gasteiger partial charge is 0.464 e. The Morgan fingerprint density at radius 3 is 3.08 bits per heavy atom. The quantitative estimate of drug-likeness (QED) is 0.475. The second kappa shape index (κ2) is 2.60. The molecule has 0 heterocycles. The van der Waals surface area contributed by atoms with Crippen LogP contribution in [-0.2, 0) is 9.53 Å². The van der Waals surface area contributed by atoms with Gasteiger partial charge in [-0.1, -0.05) is 12.2 Å². The molecule has 3 aliphatic carbocycles. The van der Waals surface area contributed by atoms with E-state index in [1.54, 1.807) is 0 Å². The lowest BCUT2D eigenvalue weighted by molar-refractivity contribution is -0.137. The molecule has 2 fully saturated rings. The Morgan fingerprint density at radius 1 is 1.31 bits per heavy atom. The number of ether oxygens (including phenoxy) is 1. The van der Waals surface area contributed by atoms with E-state index in [-0.39, 0.29) is 6.10 Å². The van der Waals surface area contributed by atoms with Gasteiger partial charge in [0.05, 0.1) is 0 Å². The van der Waals surface area contributed by atoms with Crippen molar-refractivity contribution in [3.8, 4) is 0 Å². The third-order valence-corrected chi connectivity index (χ3v) is 4.17. The molecule has 0 spiro atoms. The van der Waals surface area contributed by atoms with Crippen LogP contribution in [0.5, 0.6) is 0 Å². The summed E-state index contributed by atoms with van der Waals surface area (Å²) in [6.07, 6.45) is 8.53. The van der Waals surface area contributed by atoms with Gasteiger partial charge in [-0.15, -0.1) is 0 Å². The first-order valence-corrected chi connectivity index (χ1v) is 5.16. The minimum Gasteiger partial charge on any atom is -0.464 e. The Labute approximate surface area is 78.0 Å². The zero-order valence-corrected chi connectivity index (χ0v) is 7.56. The van der Waals surface area contributed by atoms with Gasteiger partial charge in [-0.05, 0) is 42.9 Å². The summed E-state index contributed by atoms with van der Waals surface area (Å²) in [5, 5.41) is 0. The molecule has 0 saturated heterocycles. The van der Waals surface area contributed by atoms with E-state index in [4.69, 9.17) is 4.74 Å². The summed E-state index contributed by atoms with van der Waals surface area (Å²) in [4.78, 5) is 10.3. The highest BCUT2D eigenvalue weighted by Gasteiger charge is 2.53. The van der Waals surface area contributed by atoms with Gasteiger partial charge in [0.15, 0.2) is 0 Å². The van der Waals surface area contributed by atoms with Gasteiger partial charge in [-0.2, -0.15) is 0 Å². The fourth-order valence-corrected chi connectivity index (χ4v) is 3.72. The first-order valence-electron chi connectivity index (χ1n) is 5.16. The van der Waals surface area contributed by atoms with Crippen molar-refractivity contribution in [3.63, 3.8) is 0 Å². The second-order valence-electron chi connectivity index (χ2n) is 4.57. The van der Waals surface area contributed by atoms with Crippen LogP contribution in [0.3, 0.4) is 0 Å². The van der Waals surface area contributed by atoms with Crippen molar-refractivity contribution in [2.45, 2.75) is 25.4 Å². The third kappa shape index (κ3) is 0.917. The maximum absolute atomic E-state index is 10.3. The van der Waals surface area contributed by atoms with Crippen LogP contribution in [0.2, 0.25) is 0 Å². The Balaban J connectivity index is 1.80. The van der Waals surface area contributed by atoms with Crippen molar-refractivity contribution in [1.29, 1.82) is 0 Å². The molecule has 3 aliphatic rings. The van der Waals surface area contributed by atoms with Crippen LogP contribution in [-0.4, -0.2) is 12.6 Å². The van der Waals surface area contributed by atoms with E-state index >= 15 is 0 Å². The van der Waals surface area contributed by atoms with Gasteiger partial charge in [0, 0.05) is 0 Å². The Bertz CT molecular complexity index is 259. The fraction of sp³-hybridized carbons (Fsp3) is 0.727. The normalized spacial score (nSPS) is 50.9. The molecule has 5 unspecified atom stereocenters. The number of allylic oxidation sites excluding steroid dienone is 2. The summed E-state index contributed by atoms with van der Waals surface area (Å²) < 4.78 is 5.14. The first-order chi connectivity index (χ1) is 6.40. The molecule has 2 saturated carbocycles. The highest BCUT2D eigenvalue weighted by Crippen LogP contribution is 2.57. The monoisotopic (exact) mass is 178 g/mol. The van der Waals surface area contributed by atoms with E-state index in [9.17, 15) is 4.79 Å². The lowest BCUT2D eigenvalue weighted by Crippen LogP contribution is -2.30. The molecule has 0 radical (unpaired) electrons. The van der Waals surface area contributed by atoms with Crippen LogP contribution in [0.15, 0.2) is 12.2 Å². The number of rotatable bonds is 2. The topological polar surface area (TPSA) is 26.3 Å². The minimum absolute atomic E-state index is 0.239. The SMILES string of the molecule is O=COC1CC2CC1C1CC=CC21. The van der Waals surface area contributed by atoms with Gasteiger partial charge in [-0.25, -0.2) is 0 Å². The fourth-order valence-electron chi connectivity index (χ4n) is 3.72. The van der Waals surface area contributed by atoms with E-state index in [2.05, 4.69) is 12.2 Å². The van der Waals surface area contributed by atoms with E-state index < -0.39 is 0 Å². The van der Waals surface area contributed by atoms with Crippen molar-refractivity contribution in [2.75, 3.05) is 0 Å². The molecule has 70 valence electrons. The lowest BCUT2D eigenvalue weighted by Gasteiger charge is -2.29. The summed E-state index contributed by atoms with van der Waals surface area (Å²) in [5.41, 5.74) is 0. The molecule has 0 aromatic heterocycles. The molecule has 0 aromatic rings. The van der Waals surface area contributed by atoms with Gasteiger partial charge >= 0.3 is 0 Å². The predicted molar refractivity (Wildman–Crippen MR) is 47.9 cm³/mol. The number of carbonyl (C=O) groups is 1. The highest BCUT2D eigenvalue weighted by molar-refractivity contribution is 5.38. The minimum atomic E-state index is 0.239. The predicted octanol–water partition coefficient (Wildman–Crippen LogP) is 1.76. The molecule has 0 amide bonds. The van der Waals surface area contributed by atoms with Crippen LogP contribution in [0.1, 0.15) is 19.3 Å². The summed E-state index contributed by atoms with van der Waals surface area (Å²) >= 11 is 0. The summed E-state index contributed by atoms with van der Waals surface area (Å²) in [6, 6.07) is 0. The van der Waals surface area contributed by atoms with Crippen LogP contribution in [0.25, 0.3) is 0 Å². The average Bonchev–Trinajstić information content (AvgIpc) is 2.72. The second-order valence-corrected chi connectivity index (χ2v) is 4.57. The zero-order valence-electron chi connectivity index (χ0n) is 7.56. The summed E-state index contributed by atoms with van der Waals surface area (Å²) in [6.45, 7) is 0.628. The molecular formula is C11H14O2. The van der Waals surface area contributed by atoms with Crippen LogP contribution in [0.4, 0.5) is 0 Å². The Hall–Kier alpha value is -0.790. The van der Waals surface area contributed by atoms with Crippen molar-refractivity contribution < 1.29 is 9.53 Å². The average molecular weight is 178 g/mol. The first kappa shape index (κ1) is 7.60. The van der Waals surface area contributed by atoms with Gasteiger partial charge in [-0.3, -0.25) is 4.79 Å². The van der Waals surface area contributed by atoms with Gasteiger partial charge in [0.1, 0.15) is 6.10 Å². The molecule has 0 aliphatic heterocycles. The number of carbonyl (C=O) groups excluding carboxylic acids is 1. The molecule has 5 atom stereocenters. The van der Waals surface area contributed by atoms with E-state index in [1.807, 2.05) is 0 Å². The molecule has 13 heavy (non-hydrogen) atoms. The maximum Gasteiger partial charge on any atom is 0.293 e. The van der Waals surface area contributed by atoms with Gasteiger partial charge < -0.3 is 4.74 Å². The third-order valence-electron chi connectivity index (χ3n) is 4.17. The van der Waals surface area contributed by atoms with Crippen molar-refractivity contribution in [3.05, 3.63) is 12.2 Å². The molecule has 3 rings (SSSR count). The molecule has 2 nitrogen and oxygen atoms in total.